The first-order valence-electron chi connectivity index (χ1n) is 13.0. The highest BCUT2D eigenvalue weighted by molar-refractivity contribution is 8.00. The van der Waals surface area contributed by atoms with E-state index >= 15 is 0 Å². The average molecular weight is 510 g/mol. The van der Waals surface area contributed by atoms with Gasteiger partial charge in [-0.1, -0.05) is 54.1 Å². The molecule has 190 valence electrons. The molecule has 0 amide bonds. The topological polar surface area (TPSA) is 53.1 Å². The molecule has 5 rings (SSSR count). The molecule has 0 saturated heterocycles. The number of unbranched alkanes of at least 4 members (excludes halogenated alkanes) is 1. The lowest BCUT2D eigenvalue weighted by Gasteiger charge is -2.27. The van der Waals surface area contributed by atoms with E-state index in [-0.39, 0.29) is 5.92 Å². The number of aromatic nitrogens is 2. The maximum atomic E-state index is 4.94. The molecule has 0 saturated carbocycles. The van der Waals surface area contributed by atoms with E-state index < -0.39 is 0 Å². The summed E-state index contributed by atoms with van der Waals surface area (Å²) in [5.74, 6) is 1.01. The summed E-state index contributed by atoms with van der Waals surface area (Å²) in [6.45, 7) is 4.10. The number of aryl methyl sites for hydroxylation is 1. The summed E-state index contributed by atoms with van der Waals surface area (Å²) < 4.78 is 3.47. The van der Waals surface area contributed by atoms with Crippen LogP contribution in [0.4, 0.5) is 11.6 Å². The Hall–Kier alpha value is -3.35. The average Bonchev–Trinajstić information content (AvgIpc) is 2.92. The highest BCUT2D eigenvalue weighted by Gasteiger charge is 2.27. The van der Waals surface area contributed by atoms with Crippen LogP contribution in [0, 0.1) is 6.92 Å². The van der Waals surface area contributed by atoms with Crippen LogP contribution in [0.25, 0.3) is 11.3 Å². The van der Waals surface area contributed by atoms with E-state index in [2.05, 4.69) is 114 Å². The van der Waals surface area contributed by atoms with Crippen molar-refractivity contribution in [2.75, 3.05) is 37.2 Å². The van der Waals surface area contributed by atoms with Crippen molar-refractivity contribution < 1.29 is 0 Å². The van der Waals surface area contributed by atoms with E-state index in [0.717, 1.165) is 49.7 Å². The van der Waals surface area contributed by atoms with Crippen molar-refractivity contribution in [2.45, 2.75) is 37.0 Å². The van der Waals surface area contributed by atoms with E-state index in [1.54, 1.807) is 11.9 Å². The van der Waals surface area contributed by atoms with Crippen LogP contribution in [-0.2, 0) is 6.42 Å². The standard InChI is InChI=1S/C31H35N5S/c1-22-10-16-26(17-11-22)37-35-25-14-12-23(13-15-25)29-20-24-21-33-31(32-18-6-7-19-36(2)3)34-30(24)28-9-5-4-8-27(28)29/h4-5,8-17,21,29,35H,6-7,18-20H2,1-3H3,(H,32,33,34). The normalized spacial score (nSPS) is 14.2. The molecule has 1 aliphatic rings. The summed E-state index contributed by atoms with van der Waals surface area (Å²) in [6, 6.07) is 26.1. The number of nitrogens with zero attached hydrogens (tertiary/aromatic N) is 3. The predicted molar refractivity (Wildman–Crippen MR) is 156 cm³/mol. The first kappa shape index (κ1) is 25.3. The fourth-order valence-electron chi connectivity index (χ4n) is 4.78. The number of rotatable bonds is 10. The van der Waals surface area contributed by atoms with Gasteiger partial charge in [0.05, 0.1) is 5.69 Å². The lowest BCUT2D eigenvalue weighted by molar-refractivity contribution is 0.396. The third kappa shape index (κ3) is 6.32. The SMILES string of the molecule is Cc1ccc(SNc2ccc(C3Cc4cnc(NCCCCN(C)C)nc4-c4ccccc43)cc2)cc1. The van der Waals surface area contributed by atoms with Crippen molar-refractivity contribution in [1.82, 2.24) is 14.9 Å². The lowest BCUT2D eigenvalue weighted by Crippen LogP contribution is -2.16. The minimum atomic E-state index is 0.288. The largest absolute Gasteiger partial charge is 0.354 e. The molecule has 1 aliphatic carbocycles. The van der Waals surface area contributed by atoms with Gasteiger partial charge in [0.25, 0.3) is 0 Å². The highest BCUT2D eigenvalue weighted by Crippen LogP contribution is 2.42. The fraction of sp³-hybridized carbons (Fsp3) is 0.290. The van der Waals surface area contributed by atoms with E-state index in [4.69, 9.17) is 4.98 Å². The van der Waals surface area contributed by atoms with Crippen LogP contribution in [0.15, 0.2) is 83.9 Å². The molecule has 1 heterocycles. The summed E-state index contributed by atoms with van der Waals surface area (Å²) in [6.07, 6.45) is 5.18. The smallest absolute Gasteiger partial charge is 0.223 e. The predicted octanol–water partition coefficient (Wildman–Crippen LogP) is 7.01. The fourth-order valence-corrected chi connectivity index (χ4v) is 5.42. The Morgan fingerprint density at radius 3 is 2.51 bits per heavy atom. The minimum Gasteiger partial charge on any atom is -0.354 e. The third-order valence-electron chi connectivity index (χ3n) is 6.82. The molecule has 6 heteroatoms. The van der Waals surface area contributed by atoms with Gasteiger partial charge in [-0.3, -0.25) is 0 Å². The van der Waals surface area contributed by atoms with Gasteiger partial charge in [-0.25, -0.2) is 9.97 Å². The molecule has 1 aromatic heterocycles. The van der Waals surface area contributed by atoms with Crippen molar-refractivity contribution in [3.63, 3.8) is 0 Å². The Morgan fingerprint density at radius 2 is 1.73 bits per heavy atom. The van der Waals surface area contributed by atoms with Gasteiger partial charge < -0.3 is 14.9 Å². The molecule has 1 unspecified atom stereocenters. The Morgan fingerprint density at radius 1 is 0.946 bits per heavy atom. The number of hydrogen-bond acceptors (Lipinski definition) is 6. The molecule has 37 heavy (non-hydrogen) atoms. The molecular weight excluding hydrogens is 474 g/mol. The zero-order valence-corrected chi connectivity index (χ0v) is 22.7. The van der Waals surface area contributed by atoms with Crippen molar-refractivity contribution in [3.8, 4) is 11.3 Å². The Kier molecular flexibility index (Phi) is 8.07. The second-order valence-corrected chi connectivity index (χ2v) is 10.9. The van der Waals surface area contributed by atoms with Crippen molar-refractivity contribution in [3.05, 3.63) is 101 Å². The van der Waals surface area contributed by atoms with Crippen LogP contribution in [0.3, 0.4) is 0 Å². The molecule has 0 radical (unpaired) electrons. The molecular formula is C31H35N5S. The molecule has 1 atom stereocenters. The number of hydrogen-bond donors (Lipinski definition) is 2. The Bertz CT molecular complexity index is 1320. The zero-order valence-electron chi connectivity index (χ0n) is 21.9. The van der Waals surface area contributed by atoms with E-state index in [1.807, 2.05) is 6.20 Å². The summed E-state index contributed by atoms with van der Waals surface area (Å²) in [7, 11) is 4.23. The zero-order chi connectivity index (χ0) is 25.6. The Labute approximate surface area is 224 Å². The van der Waals surface area contributed by atoms with Gasteiger partial charge in [-0.2, -0.15) is 0 Å². The van der Waals surface area contributed by atoms with Gasteiger partial charge in [0.2, 0.25) is 5.95 Å². The molecule has 4 aromatic rings. The summed E-state index contributed by atoms with van der Waals surface area (Å²) in [5, 5.41) is 3.43. The van der Waals surface area contributed by atoms with Crippen molar-refractivity contribution in [2.24, 2.45) is 0 Å². The number of benzene rings is 3. The van der Waals surface area contributed by atoms with Gasteiger partial charge in [0, 0.05) is 34.8 Å². The van der Waals surface area contributed by atoms with Crippen LogP contribution < -0.4 is 10.0 Å². The van der Waals surface area contributed by atoms with Crippen LogP contribution in [0.1, 0.15) is 41.0 Å². The summed E-state index contributed by atoms with van der Waals surface area (Å²) in [5.41, 5.74) is 8.50. The summed E-state index contributed by atoms with van der Waals surface area (Å²) >= 11 is 1.64. The van der Waals surface area contributed by atoms with Crippen molar-refractivity contribution in [1.29, 1.82) is 0 Å². The van der Waals surface area contributed by atoms with Gasteiger partial charge >= 0.3 is 0 Å². The van der Waals surface area contributed by atoms with Gasteiger partial charge in [0.1, 0.15) is 0 Å². The van der Waals surface area contributed by atoms with E-state index in [1.165, 1.54) is 32.7 Å². The van der Waals surface area contributed by atoms with Crippen LogP contribution in [0.5, 0.6) is 0 Å². The van der Waals surface area contributed by atoms with Crippen molar-refractivity contribution >= 4 is 23.6 Å². The third-order valence-corrected chi connectivity index (χ3v) is 7.66. The molecule has 0 fully saturated rings. The van der Waals surface area contributed by atoms with E-state index in [9.17, 15) is 0 Å². The number of anilines is 2. The first-order chi connectivity index (χ1) is 18.1. The first-order valence-corrected chi connectivity index (χ1v) is 13.8. The maximum absolute atomic E-state index is 4.94. The number of nitrogens with one attached hydrogen (secondary N) is 2. The maximum Gasteiger partial charge on any atom is 0.223 e. The quantitative estimate of drug-likeness (QED) is 0.177. The minimum absolute atomic E-state index is 0.288. The lowest BCUT2D eigenvalue weighted by atomic mass is 9.78. The van der Waals surface area contributed by atoms with Crippen LogP contribution in [-0.4, -0.2) is 42.1 Å². The second kappa shape index (κ2) is 11.8. The second-order valence-electron chi connectivity index (χ2n) is 9.99. The van der Waals surface area contributed by atoms with Gasteiger partial charge in [-0.15, -0.1) is 0 Å². The summed E-state index contributed by atoms with van der Waals surface area (Å²) in [4.78, 5) is 13.0. The molecule has 5 nitrogen and oxygen atoms in total. The molecule has 2 N–H and O–H groups in total. The highest BCUT2D eigenvalue weighted by atomic mass is 32.2. The van der Waals surface area contributed by atoms with Gasteiger partial charge in [0.15, 0.2) is 0 Å². The van der Waals surface area contributed by atoms with E-state index in [0.29, 0.717) is 0 Å². The Balaban J connectivity index is 1.28. The van der Waals surface area contributed by atoms with Crippen LogP contribution in [0.2, 0.25) is 0 Å². The molecule has 0 spiro atoms. The molecule has 0 bridgehead atoms. The van der Waals surface area contributed by atoms with Crippen LogP contribution >= 0.6 is 11.9 Å². The number of fused-ring (bicyclic) bond motifs is 3. The molecule has 3 aromatic carbocycles. The molecule has 0 aliphatic heterocycles. The monoisotopic (exact) mass is 509 g/mol. The van der Waals surface area contributed by atoms with Gasteiger partial charge in [-0.05, 0) is 99.7 Å².